The molecule has 0 aliphatic heterocycles. The third-order valence-electron chi connectivity index (χ3n) is 0.934. The Bertz CT molecular complexity index is 136. The Morgan fingerprint density at radius 2 is 1.92 bits per heavy atom. The Labute approximate surface area is 72.5 Å². The molecule has 0 fully saturated rings. The van der Waals surface area contributed by atoms with Crippen LogP contribution in [0.5, 0.6) is 0 Å². The second kappa shape index (κ2) is 4.98. The maximum absolute atomic E-state index is 10.7. The predicted molar refractivity (Wildman–Crippen MR) is 43.8 cm³/mol. The van der Waals surface area contributed by atoms with Crippen molar-refractivity contribution in [2.75, 3.05) is 19.8 Å². The van der Waals surface area contributed by atoms with Crippen molar-refractivity contribution in [2.45, 2.75) is 20.8 Å². The normalized spacial score (nSPS) is 11.0. The minimum Gasteiger partial charge on any atom is -0.434 e. The third kappa shape index (κ3) is 7.34. The van der Waals surface area contributed by atoms with Gasteiger partial charge in [0.1, 0.15) is 6.61 Å². The van der Waals surface area contributed by atoms with E-state index in [4.69, 9.17) is 9.84 Å². The molecular formula is C8H16O4. The van der Waals surface area contributed by atoms with E-state index in [0.717, 1.165) is 0 Å². The summed E-state index contributed by atoms with van der Waals surface area (Å²) in [5.74, 6) is 0. The maximum atomic E-state index is 10.7. The summed E-state index contributed by atoms with van der Waals surface area (Å²) in [7, 11) is 0. The van der Waals surface area contributed by atoms with Crippen molar-refractivity contribution in [2.24, 2.45) is 5.41 Å². The molecule has 12 heavy (non-hydrogen) atoms. The number of rotatable bonds is 3. The highest BCUT2D eigenvalue weighted by molar-refractivity contribution is 5.59. The van der Waals surface area contributed by atoms with Crippen LogP contribution in [0.15, 0.2) is 0 Å². The fraction of sp³-hybridized carbons (Fsp3) is 0.875. The van der Waals surface area contributed by atoms with Crippen LogP contribution in [0.3, 0.4) is 0 Å². The zero-order valence-corrected chi connectivity index (χ0v) is 7.79. The number of carbonyl (C=O) groups excluding carboxylic acids is 1. The number of hydrogen-bond donors (Lipinski definition) is 1. The predicted octanol–water partition coefficient (Wildman–Crippen LogP) is 1.18. The summed E-state index contributed by atoms with van der Waals surface area (Å²) in [5, 5.41) is 8.31. The Kier molecular flexibility index (Phi) is 4.66. The van der Waals surface area contributed by atoms with Crippen molar-refractivity contribution in [3.05, 3.63) is 0 Å². The fourth-order valence-electron chi connectivity index (χ4n) is 0.446. The van der Waals surface area contributed by atoms with Gasteiger partial charge in [0.05, 0.1) is 13.2 Å². The van der Waals surface area contributed by atoms with Crippen LogP contribution in [0, 0.1) is 5.41 Å². The molecule has 4 heteroatoms. The molecule has 0 radical (unpaired) electrons. The number of hydrogen-bond acceptors (Lipinski definition) is 4. The zero-order valence-electron chi connectivity index (χ0n) is 7.79. The molecular weight excluding hydrogens is 160 g/mol. The van der Waals surface area contributed by atoms with Gasteiger partial charge in [-0.25, -0.2) is 4.79 Å². The van der Waals surface area contributed by atoms with Crippen LogP contribution < -0.4 is 0 Å². The van der Waals surface area contributed by atoms with Gasteiger partial charge in [-0.3, -0.25) is 0 Å². The summed E-state index contributed by atoms with van der Waals surface area (Å²) in [5.41, 5.74) is -0.0573. The van der Waals surface area contributed by atoms with Crippen LogP contribution >= 0.6 is 0 Å². The SMILES string of the molecule is CC(C)(C)COC(=O)OCCO. The summed E-state index contributed by atoms with van der Waals surface area (Å²) < 4.78 is 9.21. The summed E-state index contributed by atoms with van der Waals surface area (Å²) in [6, 6.07) is 0. The lowest BCUT2D eigenvalue weighted by Crippen LogP contribution is -2.19. The average Bonchev–Trinajstić information content (AvgIpc) is 1.95. The molecule has 0 aliphatic rings. The van der Waals surface area contributed by atoms with Gasteiger partial charge in [-0.05, 0) is 5.41 Å². The topological polar surface area (TPSA) is 55.8 Å². The lowest BCUT2D eigenvalue weighted by Gasteiger charge is -2.17. The first kappa shape index (κ1) is 11.2. The van der Waals surface area contributed by atoms with Gasteiger partial charge in [-0.1, -0.05) is 20.8 Å². The monoisotopic (exact) mass is 176 g/mol. The van der Waals surface area contributed by atoms with E-state index in [1.807, 2.05) is 20.8 Å². The van der Waals surface area contributed by atoms with E-state index >= 15 is 0 Å². The highest BCUT2D eigenvalue weighted by Crippen LogP contribution is 2.12. The Morgan fingerprint density at radius 3 is 2.33 bits per heavy atom. The van der Waals surface area contributed by atoms with Crippen LogP contribution in [-0.2, 0) is 9.47 Å². The first-order chi connectivity index (χ1) is 5.45. The van der Waals surface area contributed by atoms with Gasteiger partial charge >= 0.3 is 6.16 Å². The quantitative estimate of drug-likeness (QED) is 0.656. The number of aliphatic hydroxyl groups excluding tert-OH is 1. The summed E-state index contributed by atoms with van der Waals surface area (Å²) in [4.78, 5) is 10.7. The lowest BCUT2D eigenvalue weighted by molar-refractivity contribution is 0.0246. The van der Waals surface area contributed by atoms with Gasteiger partial charge in [0.25, 0.3) is 0 Å². The van der Waals surface area contributed by atoms with Gasteiger partial charge in [-0.2, -0.15) is 0 Å². The molecule has 0 unspecified atom stereocenters. The number of ether oxygens (including phenoxy) is 2. The number of carbonyl (C=O) groups is 1. The molecule has 0 atom stereocenters. The molecule has 0 aromatic rings. The van der Waals surface area contributed by atoms with Gasteiger partial charge < -0.3 is 14.6 Å². The molecule has 0 aromatic carbocycles. The van der Waals surface area contributed by atoms with Crippen molar-refractivity contribution in [1.29, 1.82) is 0 Å². The molecule has 0 amide bonds. The Balaban J connectivity index is 3.44. The molecule has 0 bridgehead atoms. The molecule has 0 saturated carbocycles. The standard InChI is InChI=1S/C8H16O4/c1-8(2,3)6-12-7(10)11-5-4-9/h9H,4-6H2,1-3H3. The Hall–Kier alpha value is -0.770. The van der Waals surface area contributed by atoms with Crippen molar-refractivity contribution >= 4 is 6.16 Å². The Morgan fingerprint density at radius 1 is 1.33 bits per heavy atom. The van der Waals surface area contributed by atoms with Crippen molar-refractivity contribution < 1.29 is 19.4 Å². The summed E-state index contributed by atoms with van der Waals surface area (Å²) in [6.07, 6.45) is -0.723. The first-order valence-electron chi connectivity index (χ1n) is 3.86. The second-order valence-corrected chi connectivity index (χ2v) is 3.67. The largest absolute Gasteiger partial charge is 0.508 e. The highest BCUT2D eigenvalue weighted by atomic mass is 16.7. The highest BCUT2D eigenvalue weighted by Gasteiger charge is 2.13. The van der Waals surface area contributed by atoms with Gasteiger partial charge in [0.15, 0.2) is 0 Å². The molecule has 72 valence electrons. The van der Waals surface area contributed by atoms with Crippen molar-refractivity contribution in [1.82, 2.24) is 0 Å². The van der Waals surface area contributed by atoms with Crippen LogP contribution in [0.1, 0.15) is 20.8 Å². The third-order valence-corrected chi connectivity index (χ3v) is 0.934. The zero-order chi connectivity index (χ0) is 9.61. The molecule has 4 nitrogen and oxygen atoms in total. The van der Waals surface area contributed by atoms with E-state index in [-0.39, 0.29) is 18.6 Å². The van der Waals surface area contributed by atoms with Gasteiger partial charge in [0.2, 0.25) is 0 Å². The number of aliphatic hydroxyl groups is 1. The van der Waals surface area contributed by atoms with E-state index in [1.165, 1.54) is 0 Å². The summed E-state index contributed by atoms with van der Waals surface area (Å²) >= 11 is 0. The summed E-state index contributed by atoms with van der Waals surface area (Å²) in [6.45, 7) is 5.98. The maximum Gasteiger partial charge on any atom is 0.508 e. The second-order valence-electron chi connectivity index (χ2n) is 3.67. The van der Waals surface area contributed by atoms with Gasteiger partial charge in [0, 0.05) is 0 Å². The molecule has 0 aliphatic carbocycles. The van der Waals surface area contributed by atoms with Crippen LogP contribution in [0.2, 0.25) is 0 Å². The molecule has 0 heterocycles. The van der Waals surface area contributed by atoms with Crippen LogP contribution in [0.4, 0.5) is 4.79 Å². The van der Waals surface area contributed by atoms with E-state index in [0.29, 0.717) is 6.61 Å². The van der Waals surface area contributed by atoms with E-state index in [9.17, 15) is 4.79 Å². The smallest absolute Gasteiger partial charge is 0.434 e. The van der Waals surface area contributed by atoms with Crippen LogP contribution in [-0.4, -0.2) is 31.1 Å². The average molecular weight is 176 g/mol. The van der Waals surface area contributed by atoms with E-state index in [1.54, 1.807) is 0 Å². The first-order valence-corrected chi connectivity index (χ1v) is 3.86. The molecule has 0 rings (SSSR count). The molecule has 0 aromatic heterocycles. The molecule has 0 spiro atoms. The van der Waals surface area contributed by atoms with Crippen molar-refractivity contribution in [3.63, 3.8) is 0 Å². The van der Waals surface area contributed by atoms with E-state index in [2.05, 4.69) is 4.74 Å². The van der Waals surface area contributed by atoms with Gasteiger partial charge in [-0.15, -0.1) is 0 Å². The minimum absolute atomic E-state index is 0.0109. The lowest BCUT2D eigenvalue weighted by atomic mass is 9.99. The van der Waals surface area contributed by atoms with Crippen molar-refractivity contribution in [3.8, 4) is 0 Å². The minimum atomic E-state index is -0.723. The van der Waals surface area contributed by atoms with E-state index < -0.39 is 6.16 Å². The molecule has 0 saturated heterocycles. The molecule has 1 N–H and O–H groups in total. The van der Waals surface area contributed by atoms with Crippen LogP contribution in [0.25, 0.3) is 0 Å². The fourth-order valence-corrected chi connectivity index (χ4v) is 0.446.